The maximum absolute atomic E-state index is 17.1. The molecule has 0 spiro atoms. The van der Waals surface area contributed by atoms with Gasteiger partial charge in [0.1, 0.15) is 25.4 Å². The number of nitro benzene ring substituents is 1. The summed E-state index contributed by atoms with van der Waals surface area (Å²) in [6, 6.07) is 10.5. The van der Waals surface area contributed by atoms with Crippen molar-refractivity contribution in [2.24, 2.45) is 0 Å². The van der Waals surface area contributed by atoms with Crippen molar-refractivity contribution in [2.45, 2.75) is 63.3 Å². The molecule has 78 heavy (non-hydrogen) atoms. The number of allylic oxidation sites excluding steroid dienone is 2. The van der Waals surface area contributed by atoms with E-state index in [0.717, 1.165) is 46.7 Å². The lowest BCUT2D eigenvalue weighted by Crippen LogP contribution is -2.51. The van der Waals surface area contributed by atoms with Crippen LogP contribution in [0.1, 0.15) is 66.8 Å². The number of nitrogens with one attached hydrogen (secondary N) is 1. The Morgan fingerprint density at radius 1 is 1.00 bits per heavy atom. The van der Waals surface area contributed by atoms with Gasteiger partial charge in [0.2, 0.25) is 5.91 Å². The summed E-state index contributed by atoms with van der Waals surface area (Å²) >= 11 is 0. The number of carbonyl (C=O) groups is 5. The molecule has 30 heteroatoms. The van der Waals surface area contributed by atoms with Crippen molar-refractivity contribution >= 4 is 74.5 Å². The first-order chi connectivity index (χ1) is 36.5. The smallest absolute Gasteiger partial charge is 0.737 e. The lowest BCUT2D eigenvalue weighted by Gasteiger charge is -2.32. The lowest BCUT2D eigenvalue weighted by atomic mass is 9.88. The van der Waals surface area contributed by atoms with E-state index in [2.05, 4.69) is 35.5 Å². The molecule has 424 valence electrons. The van der Waals surface area contributed by atoms with Crippen molar-refractivity contribution in [2.75, 3.05) is 81.0 Å². The van der Waals surface area contributed by atoms with E-state index in [9.17, 15) is 55.5 Å². The zero-order chi connectivity index (χ0) is 57.7. The molecule has 3 atom stereocenters. The van der Waals surface area contributed by atoms with Crippen molar-refractivity contribution in [1.29, 1.82) is 0 Å². The maximum atomic E-state index is 17.1. The van der Waals surface area contributed by atoms with E-state index in [1.54, 1.807) is 67.4 Å². The summed E-state index contributed by atoms with van der Waals surface area (Å²) in [6.45, 7) is -1.30. The second-order valence-corrected chi connectivity index (χ2v) is 22.9. The zero-order valence-electron chi connectivity index (χ0n) is 44.0. The molecule has 25 nitrogen and oxygen atoms in total. The van der Waals surface area contributed by atoms with Gasteiger partial charge >= 0.3 is 19.1 Å². The third kappa shape index (κ3) is 14.3. The molecule has 1 saturated heterocycles. The average Bonchev–Trinajstić information content (AvgIpc) is 4.12. The summed E-state index contributed by atoms with van der Waals surface area (Å²) < 4.78 is 122. The van der Waals surface area contributed by atoms with Crippen LogP contribution in [0.15, 0.2) is 65.9 Å². The van der Waals surface area contributed by atoms with E-state index in [-0.39, 0.29) is 66.2 Å². The number of nitrogens with zero attached hydrogens (tertiary/aromatic N) is 6. The van der Waals surface area contributed by atoms with Gasteiger partial charge in [-0.25, -0.2) is 18.0 Å². The molecule has 3 unspecified atom stereocenters. The monoisotopic (exact) mass is 1140 g/mol. The van der Waals surface area contributed by atoms with Crippen LogP contribution < -0.4 is 14.8 Å². The standard InChI is InChI=1S/C48H60BF2N7O18S2/c1-30-23-34(54-37(30)26-39-33(15-12-20-58(4,5)6)24-38(55(39)49(54,50)51)32-13-10-9-11-14-32)16-17-44(59)52-36(29-77(66,67)68)47(62)74-22-19-53(3)18-21-73-42-27-40(57(64)65)35(25-41(42)71-7)31(2)75-48(63)76-56-45(60)28-43(46(56)61)78(69,70)72-8/h9-11,13-14,23-27,31,36,43H,12,15-22,28-29H2,1-8H3,(H-,52,59,66,67,68). The van der Waals surface area contributed by atoms with Crippen molar-refractivity contribution in [3.63, 3.8) is 0 Å². The minimum atomic E-state index is -5.12. The molecule has 3 amide bonds. The number of rotatable bonds is 26. The van der Waals surface area contributed by atoms with E-state index in [4.69, 9.17) is 18.9 Å². The topological polar surface area (TPSA) is 302 Å². The number of nitro groups is 1. The quantitative estimate of drug-likeness (QED) is 0.0177. The highest BCUT2D eigenvalue weighted by Gasteiger charge is 2.55. The van der Waals surface area contributed by atoms with Gasteiger partial charge in [-0.3, -0.25) is 38.4 Å². The Labute approximate surface area is 448 Å². The normalized spacial score (nSPS) is 17.0. The van der Waals surface area contributed by atoms with Gasteiger partial charge in [0.15, 0.2) is 28.2 Å². The van der Waals surface area contributed by atoms with E-state index in [0.29, 0.717) is 33.4 Å². The third-order valence-electron chi connectivity index (χ3n) is 12.8. The number of hydrogen-bond acceptors (Lipinski definition) is 19. The van der Waals surface area contributed by atoms with E-state index in [1.807, 2.05) is 0 Å². The number of amides is 3. The van der Waals surface area contributed by atoms with Crippen molar-refractivity contribution in [3.05, 3.63) is 104 Å². The number of ether oxygens (including phenoxy) is 4. The van der Waals surface area contributed by atoms with Crippen LogP contribution in [-0.2, 0) is 64.3 Å². The van der Waals surface area contributed by atoms with E-state index in [1.165, 1.54) is 14.0 Å². The highest BCUT2D eigenvalue weighted by Crippen LogP contribution is 2.41. The first kappa shape index (κ1) is 60.1. The molecule has 3 aliphatic heterocycles. The Hall–Kier alpha value is -7.12. The third-order valence-corrected chi connectivity index (χ3v) is 15.1. The van der Waals surface area contributed by atoms with Crippen LogP contribution in [0.4, 0.5) is 19.1 Å². The Morgan fingerprint density at radius 3 is 2.31 bits per heavy atom. The highest BCUT2D eigenvalue weighted by atomic mass is 32.2. The largest absolute Gasteiger partial charge is 0.748 e. The Kier molecular flexibility index (Phi) is 18.7. The Bertz CT molecular complexity index is 3180. The van der Waals surface area contributed by atoms with Crippen LogP contribution in [0.2, 0.25) is 0 Å². The predicted octanol–water partition coefficient (Wildman–Crippen LogP) is 2.97. The number of quaternary nitrogens is 1. The molecule has 1 N–H and O–H groups in total. The fraction of sp³-hybridized carbons (Fsp3) is 0.458. The number of esters is 1. The van der Waals surface area contributed by atoms with Gasteiger partial charge in [-0.05, 0) is 69.3 Å². The van der Waals surface area contributed by atoms with Crippen molar-refractivity contribution in [3.8, 4) is 11.5 Å². The van der Waals surface area contributed by atoms with E-state index < -0.39 is 104 Å². The maximum Gasteiger partial charge on any atom is 0.737 e. The molecule has 6 rings (SSSR count). The number of benzene rings is 2. The van der Waals surface area contributed by atoms with Crippen molar-refractivity contribution in [1.82, 2.24) is 19.8 Å². The summed E-state index contributed by atoms with van der Waals surface area (Å²) in [5.74, 6) is -6.36. The lowest BCUT2D eigenvalue weighted by molar-refractivity contribution is -0.870. The number of hydroxylamine groups is 2. The molecule has 0 bridgehead atoms. The number of likely N-dealkylation sites (N-methyl/N-ethyl adjacent to an activating group) is 1. The summed E-state index contributed by atoms with van der Waals surface area (Å²) in [5.41, 5.74) is 2.13. The molecule has 1 aromatic heterocycles. The van der Waals surface area contributed by atoms with Crippen LogP contribution in [0.25, 0.3) is 6.08 Å². The number of methoxy groups -OCH3 is 1. The molecule has 4 heterocycles. The minimum Gasteiger partial charge on any atom is -0.748 e. The minimum absolute atomic E-state index is 0.0169. The number of halogens is 2. The number of imide groups is 1. The number of hydrogen-bond donors (Lipinski definition) is 1. The second kappa shape index (κ2) is 24.3. The molecule has 0 saturated carbocycles. The fourth-order valence-corrected chi connectivity index (χ4v) is 10.5. The van der Waals surface area contributed by atoms with E-state index >= 15 is 8.63 Å². The molecule has 0 aliphatic carbocycles. The number of aromatic nitrogens is 1. The molecule has 2 aromatic carbocycles. The molecular weight excluding hydrogens is 1080 g/mol. The van der Waals surface area contributed by atoms with Crippen LogP contribution >= 0.6 is 0 Å². The van der Waals surface area contributed by atoms with Gasteiger partial charge < -0.3 is 50.9 Å². The SMILES string of the molecule is COc1cc(C(C)OC(=O)ON2C(=O)CC(S(=O)(=O)OC)C2=O)c([N+](=O)[O-])cc1OCCN(C)CCOC(=O)C(CS(=O)(=O)[O-])NC(=O)CCc1cc(C)c2n1[B-](F)(F)[N+]1=C(c3ccccc3)C=C(CCC[N+](C)(C)C)C1=C2. The summed E-state index contributed by atoms with van der Waals surface area (Å²) in [5, 5.41) is 12.3. The second-order valence-electron chi connectivity index (χ2n) is 19.6. The average molecular weight is 1140 g/mol. The Balaban J connectivity index is 1.04. The van der Waals surface area contributed by atoms with Gasteiger partial charge in [-0.1, -0.05) is 23.3 Å². The van der Waals surface area contributed by atoms with Crippen LogP contribution in [-0.4, -0.2) is 185 Å². The Morgan fingerprint density at radius 2 is 1.68 bits per heavy atom. The summed E-state index contributed by atoms with van der Waals surface area (Å²) in [4.78, 5) is 81.3. The first-order valence-electron chi connectivity index (χ1n) is 24.3. The van der Waals surface area contributed by atoms with Gasteiger partial charge in [-0.15, -0.1) is 0 Å². The van der Waals surface area contributed by atoms with Gasteiger partial charge in [0.25, 0.3) is 27.6 Å². The number of fused-ring (bicyclic) bond motifs is 2. The molecule has 1 fully saturated rings. The molecule has 0 radical (unpaired) electrons. The molecule has 3 aromatic rings. The fourth-order valence-electron chi connectivity index (χ4n) is 8.94. The predicted molar refractivity (Wildman–Crippen MR) is 272 cm³/mol. The first-order valence-corrected chi connectivity index (χ1v) is 27.3. The summed E-state index contributed by atoms with van der Waals surface area (Å²) in [7, 11) is 0.0885. The van der Waals surface area contributed by atoms with Gasteiger partial charge in [0, 0.05) is 54.9 Å². The van der Waals surface area contributed by atoms with Gasteiger partial charge in [0.05, 0.1) is 80.8 Å². The molecule has 3 aliphatic rings. The van der Waals surface area contributed by atoms with Gasteiger partial charge in [-0.2, -0.15) is 8.42 Å². The van der Waals surface area contributed by atoms with Crippen molar-refractivity contribution < 1.29 is 95.9 Å². The van der Waals surface area contributed by atoms with Crippen LogP contribution in [0.3, 0.4) is 0 Å². The highest BCUT2D eigenvalue weighted by molar-refractivity contribution is 7.88. The van der Waals surface area contributed by atoms with Crippen LogP contribution in [0, 0.1) is 17.0 Å². The van der Waals surface area contributed by atoms with Crippen LogP contribution in [0.5, 0.6) is 11.5 Å². The number of carbonyl (C=O) groups excluding carboxylic acids is 5. The molecular formula is C48H60BF2N7O18S2. The summed E-state index contributed by atoms with van der Waals surface area (Å²) in [6.07, 6.45) is 0.0765. The zero-order valence-corrected chi connectivity index (χ0v) is 45.6. The number of aryl methyl sites for hydroxylation is 2.